The molecule has 0 saturated heterocycles. The molecule has 5 nitrogen and oxygen atoms in total. The third-order valence-corrected chi connectivity index (χ3v) is 3.10. The first-order chi connectivity index (χ1) is 9.10. The van der Waals surface area contributed by atoms with Crippen molar-refractivity contribution in [1.82, 2.24) is 15.1 Å². The molecule has 2 rings (SSSR count). The molecule has 19 heavy (non-hydrogen) atoms. The Morgan fingerprint density at radius 1 is 1.32 bits per heavy atom. The zero-order valence-electron chi connectivity index (χ0n) is 11.2. The van der Waals surface area contributed by atoms with E-state index in [1.165, 1.54) is 6.07 Å². The summed E-state index contributed by atoms with van der Waals surface area (Å²) in [4.78, 5) is 0. The largest absolute Gasteiger partial charge is 0.508 e. The number of hydrogen-bond donors (Lipinski definition) is 3. The molecule has 1 atom stereocenters. The van der Waals surface area contributed by atoms with E-state index < -0.39 is 0 Å². The Morgan fingerprint density at radius 2 is 2.11 bits per heavy atom. The Bertz CT molecular complexity index is 551. The maximum absolute atomic E-state index is 9.70. The summed E-state index contributed by atoms with van der Waals surface area (Å²) in [6, 6.07) is 6.69. The molecule has 5 heteroatoms. The molecule has 0 spiro atoms. The van der Waals surface area contributed by atoms with E-state index in [1.54, 1.807) is 12.1 Å². The highest BCUT2D eigenvalue weighted by Crippen LogP contribution is 2.23. The van der Waals surface area contributed by atoms with Crippen LogP contribution in [0.5, 0.6) is 11.5 Å². The summed E-state index contributed by atoms with van der Waals surface area (Å²) in [7, 11) is 0. The molecule has 0 aliphatic rings. The van der Waals surface area contributed by atoms with Crippen LogP contribution in [0, 0.1) is 0 Å². The minimum Gasteiger partial charge on any atom is -0.508 e. The number of aromatic nitrogens is 2. The molecule has 0 saturated carbocycles. The van der Waals surface area contributed by atoms with Gasteiger partial charge in [-0.15, -0.1) is 0 Å². The molecule has 0 aliphatic carbocycles. The van der Waals surface area contributed by atoms with Crippen molar-refractivity contribution in [2.75, 3.05) is 0 Å². The summed E-state index contributed by atoms with van der Waals surface area (Å²) in [6.07, 6.45) is 1.95. The lowest BCUT2D eigenvalue weighted by molar-refractivity contribution is 0.440. The molecule has 0 amide bonds. The number of nitrogens with one attached hydrogen (secondary N) is 1. The minimum absolute atomic E-state index is 0.0657. The highest BCUT2D eigenvalue weighted by Gasteiger charge is 2.09. The Kier molecular flexibility index (Phi) is 4.06. The van der Waals surface area contributed by atoms with Crippen molar-refractivity contribution in [3.05, 3.63) is 41.7 Å². The second-order valence-corrected chi connectivity index (χ2v) is 4.51. The zero-order valence-corrected chi connectivity index (χ0v) is 11.2. The predicted molar refractivity (Wildman–Crippen MR) is 72.9 cm³/mol. The van der Waals surface area contributed by atoms with E-state index in [4.69, 9.17) is 0 Å². The van der Waals surface area contributed by atoms with Gasteiger partial charge in [0.15, 0.2) is 0 Å². The van der Waals surface area contributed by atoms with Gasteiger partial charge in [-0.2, -0.15) is 5.10 Å². The van der Waals surface area contributed by atoms with Crippen LogP contribution in [-0.2, 0) is 13.1 Å². The van der Waals surface area contributed by atoms with Crippen LogP contribution in [-0.4, -0.2) is 20.0 Å². The van der Waals surface area contributed by atoms with Crippen LogP contribution in [0.3, 0.4) is 0 Å². The van der Waals surface area contributed by atoms with Gasteiger partial charge in [0, 0.05) is 37.0 Å². The molecule has 1 unspecified atom stereocenters. The smallest absolute Gasteiger partial charge is 0.123 e. The molecular formula is C14H19N3O2. The van der Waals surface area contributed by atoms with Crippen molar-refractivity contribution in [3.63, 3.8) is 0 Å². The van der Waals surface area contributed by atoms with Gasteiger partial charge >= 0.3 is 0 Å². The fraction of sp³-hybridized carbons (Fsp3) is 0.357. The molecule has 1 aromatic carbocycles. The summed E-state index contributed by atoms with van der Waals surface area (Å²) in [6.45, 7) is 5.45. The molecule has 0 bridgehead atoms. The first kappa shape index (κ1) is 13.4. The molecular weight excluding hydrogens is 242 g/mol. The van der Waals surface area contributed by atoms with Gasteiger partial charge in [0.1, 0.15) is 11.5 Å². The molecule has 102 valence electrons. The lowest BCUT2D eigenvalue weighted by atomic mass is 10.1. The second-order valence-electron chi connectivity index (χ2n) is 4.51. The van der Waals surface area contributed by atoms with Gasteiger partial charge in [-0.1, -0.05) is 6.07 Å². The number of rotatable bonds is 5. The lowest BCUT2D eigenvalue weighted by Crippen LogP contribution is -2.18. The summed E-state index contributed by atoms with van der Waals surface area (Å²) >= 11 is 0. The summed E-state index contributed by atoms with van der Waals surface area (Å²) in [5.74, 6) is 0.162. The van der Waals surface area contributed by atoms with Crippen LogP contribution in [0.15, 0.2) is 30.5 Å². The Balaban J connectivity index is 1.98. The van der Waals surface area contributed by atoms with Gasteiger partial charge in [0.05, 0.1) is 5.69 Å². The third-order valence-electron chi connectivity index (χ3n) is 3.10. The number of phenols is 2. The fourth-order valence-electron chi connectivity index (χ4n) is 1.85. The van der Waals surface area contributed by atoms with Crippen molar-refractivity contribution in [2.24, 2.45) is 0 Å². The van der Waals surface area contributed by atoms with Gasteiger partial charge in [0.2, 0.25) is 0 Å². The molecule has 0 fully saturated rings. The Labute approximate surface area is 112 Å². The first-order valence-corrected chi connectivity index (χ1v) is 6.37. The van der Waals surface area contributed by atoms with Crippen LogP contribution in [0.1, 0.15) is 31.1 Å². The average molecular weight is 261 g/mol. The van der Waals surface area contributed by atoms with Crippen molar-refractivity contribution in [3.8, 4) is 11.5 Å². The van der Waals surface area contributed by atoms with E-state index >= 15 is 0 Å². The predicted octanol–water partition coefficient (Wildman–Crippen LogP) is 2.17. The number of aryl methyl sites for hydroxylation is 1. The van der Waals surface area contributed by atoms with Crippen LogP contribution in [0.2, 0.25) is 0 Å². The summed E-state index contributed by atoms with van der Waals surface area (Å²) < 4.78 is 1.88. The van der Waals surface area contributed by atoms with Crippen molar-refractivity contribution < 1.29 is 10.2 Å². The summed E-state index contributed by atoms with van der Waals surface area (Å²) in [5, 5.41) is 26.7. The van der Waals surface area contributed by atoms with E-state index in [0.29, 0.717) is 6.54 Å². The number of hydrogen-bond acceptors (Lipinski definition) is 4. The second kappa shape index (κ2) is 5.75. The van der Waals surface area contributed by atoms with E-state index in [-0.39, 0.29) is 17.5 Å². The maximum Gasteiger partial charge on any atom is 0.123 e. The lowest BCUT2D eigenvalue weighted by Gasteiger charge is -2.12. The number of aromatic hydroxyl groups is 2. The first-order valence-electron chi connectivity index (χ1n) is 6.37. The van der Waals surface area contributed by atoms with Crippen LogP contribution < -0.4 is 5.32 Å². The SMILES string of the molecule is CCn1ccc(C(C)NCc2ccc(O)cc2O)n1. The number of nitrogens with zero attached hydrogens (tertiary/aromatic N) is 2. The molecule has 2 aromatic rings. The molecule has 3 N–H and O–H groups in total. The average Bonchev–Trinajstić information content (AvgIpc) is 2.86. The monoisotopic (exact) mass is 261 g/mol. The highest BCUT2D eigenvalue weighted by atomic mass is 16.3. The fourth-order valence-corrected chi connectivity index (χ4v) is 1.85. The van der Waals surface area contributed by atoms with E-state index in [0.717, 1.165) is 17.8 Å². The van der Waals surface area contributed by atoms with Gasteiger partial charge in [-0.25, -0.2) is 0 Å². The molecule has 1 heterocycles. The molecule has 0 radical (unpaired) electrons. The standard InChI is InChI=1S/C14H19N3O2/c1-3-17-7-6-13(16-17)10(2)15-9-11-4-5-12(18)8-14(11)19/h4-8,10,15,18-19H,3,9H2,1-2H3. The quantitative estimate of drug-likeness (QED) is 0.771. The van der Waals surface area contributed by atoms with Gasteiger partial charge in [-0.3, -0.25) is 4.68 Å². The minimum atomic E-state index is 0.0657. The van der Waals surface area contributed by atoms with Crippen LogP contribution >= 0.6 is 0 Å². The highest BCUT2D eigenvalue weighted by molar-refractivity contribution is 5.38. The zero-order chi connectivity index (χ0) is 13.8. The van der Waals surface area contributed by atoms with Gasteiger partial charge in [0.25, 0.3) is 0 Å². The van der Waals surface area contributed by atoms with Crippen molar-refractivity contribution in [1.29, 1.82) is 0 Å². The van der Waals surface area contributed by atoms with Crippen molar-refractivity contribution >= 4 is 0 Å². The topological polar surface area (TPSA) is 70.3 Å². The van der Waals surface area contributed by atoms with Gasteiger partial charge < -0.3 is 15.5 Å². The Hall–Kier alpha value is -2.01. The third kappa shape index (κ3) is 3.26. The normalized spacial score (nSPS) is 12.5. The van der Waals surface area contributed by atoms with Crippen LogP contribution in [0.4, 0.5) is 0 Å². The van der Waals surface area contributed by atoms with Crippen LogP contribution in [0.25, 0.3) is 0 Å². The Morgan fingerprint density at radius 3 is 2.74 bits per heavy atom. The molecule has 1 aromatic heterocycles. The van der Waals surface area contributed by atoms with Gasteiger partial charge in [-0.05, 0) is 26.0 Å². The molecule has 0 aliphatic heterocycles. The summed E-state index contributed by atoms with van der Waals surface area (Å²) in [5.41, 5.74) is 1.72. The number of benzene rings is 1. The van der Waals surface area contributed by atoms with E-state index in [9.17, 15) is 10.2 Å². The maximum atomic E-state index is 9.70. The van der Waals surface area contributed by atoms with Crippen molar-refractivity contribution in [2.45, 2.75) is 33.0 Å². The van der Waals surface area contributed by atoms with E-state index in [2.05, 4.69) is 10.4 Å². The number of phenolic OH excluding ortho intramolecular Hbond substituents is 2. The van der Waals surface area contributed by atoms with E-state index in [1.807, 2.05) is 30.8 Å².